The van der Waals surface area contributed by atoms with E-state index in [1.807, 2.05) is 0 Å². The lowest BCUT2D eigenvalue weighted by atomic mass is 10.1. The lowest BCUT2D eigenvalue weighted by Crippen LogP contribution is -2.12. The van der Waals surface area contributed by atoms with E-state index in [2.05, 4.69) is 0 Å². The molecule has 0 amide bonds. The summed E-state index contributed by atoms with van der Waals surface area (Å²) in [5, 5.41) is 14.6. The van der Waals surface area contributed by atoms with E-state index in [0.29, 0.717) is 0 Å². The summed E-state index contributed by atoms with van der Waals surface area (Å²) < 4.78 is 79.1. The van der Waals surface area contributed by atoms with Gasteiger partial charge in [0.05, 0.1) is 5.56 Å². The minimum atomic E-state index is -4.72. The van der Waals surface area contributed by atoms with Crippen molar-refractivity contribution in [1.29, 1.82) is 10.8 Å². The van der Waals surface area contributed by atoms with Crippen molar-refractivity contribution in [3.63, 3.8) is 0 Å². The third-order valence-electron chi connectivity index (χ3n) is 4.72. The highest BCUT2D eigenvalue weighted by Gasteiger charge is 2.32. The van der Waals surface area contributed by atoms with Crippen LogP contribution in [0.5, 0.6) is 11.5 Å². The zero-order valence-electron chi connectivity index (χ0n) is 17.5. The molecule has 3 rings (SSSR count). The van der Waals surface area contributed by atoms with Gasteiger partial charge in [-0.1, -0.05) is 24.3 Å². The van der Waals surface area contributed by atoms with Crippen molar-refractivity contribution in [2.75, 3.05) is 0 Å². The molecule has 3 aromatic rings. The van der Waals surface area contributed by atoms with Gasteiger partial charge >= 0.3 is 6.18 Å². The van der Waals surface area contributed by atoms with Gasteiger partial charge in [-0.15, -0.1) is 0 Å². The van der Waals surface area contributed by atoms with Crippen LogP contribution in [-0.4, -0.2) is 11.7 Å². The first kappa shape index (κ1) is 24.5. The van der Waals surface area contributed by atoms with Crippen LogP contribution >= 0.6 is 0 Å². The van der Waals surface area contributed by atoms with Crippen molar-refractivity contribution >= 4 is 11.7 Å². The molecule has 0 spiro atoms. The molecular formula is C23H19F5N4O2. The number of halogens is 5. The van der Waals surface area contributed by atoms with Gasteiger partial charge in [0.2, 0.25) is 0 Å². The van der Waals surface area contributed by atoms with E-state index in [4.69, 9.17) is 31.8 Å². The monoisotopic (exact) mass is 478 g/mol. The van der Waals surface area contributed by atoms with Crippen molar-refractivity contribution in [2.24, 2.45) is 11.5 Å². The van der Waals surface area contributed by atoms with Crippen LogP contribution in [0.15, 0.2) is 54.6 Å². The fraction of sp³-hybridized carbons (Fsp3) is 0.130. The Morgan fingerprint density at radius 3 is 1.44 bits per heavy atom. The van der Waals surface area contributed by atoms with E-state index in [0.717, 1.165) is 24.3 Å². The van der Waals surface area contributed by atoms with E-state index in [-0.39, 0.29) is 45.4 Å². The predicted molar refractivity (Wildman–Crippen MR) is 115 cm³/mol. The Balaban J connectivity index is 1.80. The zero-order chi connectivity index (χ0) is 25.0. The van der Waals surface area contributed by atoms with Crippen LogP contribution in [0.25, 0.3) is 0 Å². The molecule has 0 saturated heterocycles. The van der Waals surface area contributed by atoms with Gasteiger partial charge in [0.15, 0.2) is 0 Å². The van der Waals surface area contributed by atoms with Crippen LogP contribution in [0.1, 0.15) is 27.8 Å². The molecule has 0 radical (unpaired) electrons. The highest BCUT2D eigenvalue weighted by atomic mass is 19.4. The largest absolute Gasteiger partial charge is 0.489 e. The predicted octanol–water partition coefficient (Wildman–Crippen LogP) is 4.71. The van der Waals surface area contributed by atoms with Gasteiger partial charge in [0.25, 0.3) is 0 Å². The number of hydrogen-bond donors (Lipinski definition) is 4. The fourth-order valence-electron chi connectivity index (χ4n) is 2.89. The standard InChI is InChI=1S/C23H19F5N4O2/c24-19-5-12(21(29)30)1-3-14(19)10-33-17-7-16(23(26,27)28)8-18(9-17)34-11-15-4-2-13(22(31)32)6-20(15)25/h1-9H,10-11H2,(H3,29,30)(H3,31,32). The summed E-state index contributed by atoms with van der Waals surface area (Å²) >= 11 is 0. The first-order valence-electron chi connectivity index (χ1n) is 9.67. The van der Waals surface area contributed by atoms with Crippen molar-refractivity contribution in [3.8, 4) is 11.5 Å². The van der Waals surface area contributed by atoms with Gasteiger partial charge in [-0.05, 0) is 24.3 Å². The van der Waals surface area contributed by atoms with Crippen molar-refractivity contribution < 1.29 is 31.4 Å². The number of nitrogens with one attached hydrogen (secondary N) is 2. The smallest absolute Gasteiger partial charge is 0.416 e. The van der Waals surface area contributed by atoms with Crippen LogP contribution in [0.2, 0.25) is 0 Å². The Morgan fingerprint density at radius 2 is 1.12 bits per heavy atom. The van der Waals surface area contributed by atoms with Gasteiger partial charge in [0, 0.05) is 28.3 Å². The average molecular weight is 478 g/mol. The summed E-state index contributed by atoms with van der Waals surface area (Å²) in [4.78, 5) is 0. The van der Waals surface area contributed by atoms with Gasteiger partial charge in [-0.25, -0.2) is 8.78 Å². The Kier molecular flexibility index (Phi) is 7.04. The molecule has 0 aliphatic heterocycles. The molecular weight excluding hydrogens is 459 g/mol. The second kappa shape index (κ2) is 9.77. The number of rotatable bonds is 8. The summed E-state index contributed by atoms with van der Waals surface area (Å²) in [6, 6.07) is 10.1. The Hall–Kier alpha value is -4.15. The van der Waals surface area contributed by atoms with Crippen LogP contribution in [0.3, 0.4) is 0 Å². The Morgan fingerprint density at radius 1 is 0.706 bits per heavy atom. The molecule has 0 heterocycles. The molecule has 0 aliphatic carbocycles. The molecule has 6 N–H and O–H groups in total. The number of amidine groups is 2. The average Bonchev–Trinajstić information content (AvgIpc) is 2.76. The van der Waals surface area contributed by atoms with Gasteiger partial charge in [-0.3, -0.25) is 10.8 Å². The lowest BCUT2D eigenvalue weighted by Gasteiger charge is -2.15. The minimum absolute atomic E-state index is 0.0394. The van der Waals surface area contributed by atoms with Crippen LogP contribution in [-0.2, 0) is 19.4 Å². The molecule has 0 atom stereocenters. The van der Waals surface area contributed by atoms with Crippen molar-refractivity contribution in [1.82, 2.24) is 0 Å². The molecule has 0 unspecified atom stereocenters. The summed E-state index contributed by atoms with van der Waals surface area (Å²) in [5.41, 5.74) is 9.91. The summed E-state index contributed by atoms with van der Waals surface area (Å²) in [5.74, 6) is -2.63. The third-order valence-corrected chi connectivity index (χ3v) is 4.72. The maximum atomic E-state index is 14.2. The number of alkyl halides is 3. The second-order valence-electron chi connectivity index (χ2n) is 7.21. The molecule has 34 heavy (non-hydrogen) atoms. The molecule has 0 fully saturated rings. The van der Waals surface area contributed by atoms with Crippen LogP contribution in [0.4, 0.5) is 22.0 Å². The normalized spacial score (nSPS) is 11.2. The minimum Gasteiger partial charge on any atom is -0.489 e. The van der Waals surface area contributed by atoms with E-state index < -0.39 is 36.6 Å². The van der Waals surface area contributed by atoms with Gasteiger partial charge < -0.3 is 20.9 Å². The van der Waals surface area contributed by atoms with Crippen LogP contribution in [0, 0.1) is 22.5 Å². The topological polar surface area (TPSA) is 118 Å². The Labute approximate surface area is 190 Å². The van der Waals surface area contributed by atoms with E-state index >= 15 is 0 Å². The SMILES string of the molecule is N=C(N)c1ccc(COc2cc(OCc3ccc(C(=N)N)cc3F)cc(C(F)(F)F)c2)c(F)c1. The number of ether oxygens (including phenoxy) is 2. The molecule has 6 nitrogen and oxygen atoms in total. The quantitative estimate of drug-likeness (QED) is 0.213. The maximum Gasteiger partial charge on any atom is 0.416 e. The second-order valence-corrected chi connectivity index (χ2v) is 7.21. The van der Waals surface area contributed by atoms with Crippen molar-refractivity contribution in [2.45, 2.75) is 19.4 Å². The number of benzene rings is 3. The molecule has 3 aromatic carbocycles. The summed E-state index contributed by atoms with van der Waals surface area (Å²) in [6.07, 6.45) is -4.72. The first-order chi connectivity index (χ1) is 15.9. The molecule has 178 valence electrons. The lowest BCUT2D eigenvalue weighted by molar-refractivity contribution is -0.137. The number of nitrogen functional groups attached to an aromatic ring is 2. The molecule has 0 aromatic heterocycles. The molecule has 11 heteroatoms. The molecule has 0 saturated carbocycles. The van der Waals surface area contributed by atoms with Crippen molar-refractivity contribution in [3.05, 3.63) is 94.0 Å². The molecule has 0 bridgehead atoms. The third kappa shape index (κ3) is 6.00. The van der Waals surface area contributed by atoms with Gasteiger partial charge in [0.1, 0.15) is 48.0 Å². The summed E-state index contributed by atoms with van der Waals surface area (Å²) in [7, 11) is 0. The fourth-order valence-corrected chi connectivity index (χ4v) is 2.89. The Bertz CT molecular complexity index is 1160. The highest BCUT2D eigenvalue weighted by molar-refractivity contribution is 5.95. The van der Waals surface area contributed by atoms with E-state index in [1.54, 1.807) is 0 Å². The first-order valence-corrected chi connectivity index (χ1v) is 9.67. The van der Waals surface area contributed by atoms with E-state index in [1.165, 1.54) is 30.3 Å². The maximum absolute atomic E-state index is 14.2. The number of nitrogens with two attached hydrogens (primary N) is 2. The molecule has 0 aliphatic rings. The zero-order valence-corrected chi connectivity index (χ0v) is 17.5. The van der Waals surface area contributed by atoms with Crippen LogP contribution < -0.4 is 20.9 Å². The highest BCUT2D eigenvalue weighted by Crippen LogP contribution is 2.35. The number of hydrogen-bond acceptors (Lipinski definition) is 4. The van der Waals surface area contributed by atoms with Gasteiger partial charge in [-0.2, -0.15) is 13.2 Å². The summed E-state index contributed by atoms with van der Waals surface area (Å²) in [6.45, 7) is -0.794. The van der Waals surface area contributed by atoms with E-state index in [9.17, 15) is 22.0 Å².